The molecule has 0 fully saturated rings. The van der Waals surface area contributed by atoms with Crippen molar-refractivity contribution in [3.8, 4) is 0 Å². The number of primary amides is 1. The Kier molecular flexibility index (Phi) is 4.95. The molecular formula is C13H15F3N2O3. The van der Waals surface area contributed by atoms with E-state index in [2.05, 4.69) is 10.1 Å². The fraction of sp³-hybridized carbons (Fsp3) is 0.385. The monoisotopic (exact) mass is 304 g/mol. The number of rotatable bonds is 5. The van der Waals surface area contributed by atoms with Crippen molar-refractivity contribution >= 4 is 11.8 Å². The van der Waals surface area contributed by atoms with E-state index in [1.807, 2.05) is 0 Å². The Morgan fingerprint density at radius 3 is 2.33 bits per heavy atom. The number of nitrogens with one attached hydrogen (secondary N) is 1. The van der Waals surface area contributed by atoms with Gasteiger partial charge < -0.3 is 15.8 Å². The summed E-state index contributed by atoms with van der Waals surface area (Å²) >= 11 is 0. The summed E-state index contributed by atoms with van der Waals surface area (Å²) in [5, 5.41) is 2.28. The first kappa shape index (κ1) is 17.0. The van der Waals surface area contributed by atoms with Crippen LogP contribution in [-0.2, 0) is 26.0 Å². The standard InChI is InChI=1S/C13H15F3N2O3/c1-12(11(17)20,18-10(19)7-21-2)8-4-3-5-9(6-8)13(14,15)16/h3-6H,7H2,1-2H3,(H2,17,20)(H,18,19)/t12-/m0/s1. The van der Waals surface area contributed by atoms with Crippen LogP contribution in [0.15, 0.2) is 24.3 Å². The van der Waals surface area contributed by atoms with Crippen molar-refractivity contribution in [3.63, 3.8) is 0 Å². The van der Waals surface area contributed by atoms with Crippen LogP contribution in [0.25, 0.3) is 0 Å². The average Bonchev–Trinajstić information content (AvgIpc) is 2.37. The molecule has 116 valence electrons. The van der Waals surface area contributed by atoms with Crippen molar-refractivity contribution in [3.05, 3.63) is 35.4 Å². The van der Waals surface area contributed by atoms with E-state index >= 15 is 0 Å². The van der Waals surface area contributed by atoms with Gasteiger partial charge in [0, 0.05) is 7.11 Å². The number of amides is 2. The van der Waals surface area contributed by atoms with Gasteiger partial charge in [0.15, 0.2) is 0 Å². The van der Waals surface area contributed by atoms with Crippen LogP contribution < -0.4 is 11.1 Å². The molecule has 0 aliphatic heterocycles. The number of carbonyl (C=O) groups is 2. The summed E-state index contributed by atoms with van der Waals surface area (Å²) in [4.78, 5) is 23.2. The third-order valence-electron chi connectivity index (χ3n) is 2.92. The molecule has 0 saturated carbocycles. The van der Waals surface area contributed by atoms with Crippen LogP contribution in [0.3, 0.4) is 0 Å². The lowest BCUT2D eigenvalue weighted by molar-refractivity contribution is -0.138. The summed E-state index contributed by atoms with van der Waals surface area (Å²) < 4.78 is 42.7. The average molecular weight is 304 g/mol. The SMILES string of the molecule is COCC(=O)N[C@](C)(C(N)=O)c1cccc(C(F)(F)F)c1. The second-order valence-electron chi connectivity index (χ2n) is 4.55. The molecule has 0 saturated heterocycles. The molecule has 0 unspecified atom stereocenters. The van der Waals surface area contributed by atoms with Crippen molar-refractivity contribution < 1.29 is 27.5 Å². The van der Waals surface area contributed by atoms with Gasteiger partial charge in [-0.2, -0.15) is 13.2 Å². The number of benzene rings is 1. The number of ether oxygens (including phenoxy) is 1. The zero-order chi connectivity index (χ0) is 16.3. The maximum atomic E-state index is 12.7. The van der Waals surface area contributed by atoms with Crippen LogP contribution in [0.1, 0.15) is 18.1 Å². The Morgan fingerprint density at radius 2 is 1.86 bits per heavy atom. The highest BCUT2D eigenvalue weighted by molar-refractivity contribution is 5.91. The highest BCUT2D eigenvalue weighted by Gasteiger charge is 2.37. The number of hydrogen-bond acceptors (Lipinski definition) is 3. The summed E-state index contributed by atoms with van der Waals surface area (Å²) in [5.41, 5.74) is 2.47. The number of halogens is 3. The van der Waals surface area contributed by atoms with E-state index in [0.717, 1.165) is 18.2 Å². The number of hydrogen-bond donors (Lipinski definition) is 2. The predicted molar refractivity (Wildman–Crippen MR) is 68.0 cm³/mol. The topological polar surface area (TPSA) is 81.4 Å². The molecule has 2 amide bonds. The normalized spacial score (nSPS) is 14.3. The molecule has 1 atom stereocenters. The van der Waals surface area contributed by atoms with Gasteiger partial charge in [-0.05, 0) is 24.6 Å². The highest BCUT2D eigenvalue weighted by atomic mass is 19.4. The number of nitrogens with two attached hydrogens (primary N) is 1. The van der Waals surface area contributed by atoms with Gasteiger partial charge in [-0.15, -0.1) is 0 Å². The van der Waals surface area contributed by atoms with E-state index < -0.39 is 29.1 Å². The van der Waals surface area contributed by atoms with Crippen molar-refractivity contribution in [2.45, 2.75) is 18.6 Å². The summed E-state index contributed by atoms with van der Waals surface area (Å²) in [6.07, 6.45) is -4.56. The molecule has 1 rings (SSSR count). The van der Waals surface area contributed by atoms with Crippen molar-refractivity contribution in [1.82, 2.24) is 5.32 Å². The first-order chi connectivity index (χ1) is 9.61. The zero-order valence-electron chi connectivity index (χ0n) is 11.5. The van der Waals surface area contributed by atoms with Crippen LogP contribution in [0.4, 0.5) is 13.2 Å². The summed E-state index contributed by atoms with van der Waals surface area (Å²) in [7, 11) is 1.27. The minimum absolute atomic E-state index is 0.0609. The van der Waals surface area contributed by atoms with Gasteiger partial charge in [0.25, 0.3) is 0 Å². The lowest BCUT2D eigenvalue weighted by Gasteiger charge is -2.28. The molecule has 21 heavy (non-hydrogen) atoms. The van der Waals surface area contributed by atoms with E-state index in [1.54, 1.807) is 0 Å². The second-order valence-corrected chi connectivity index (χ2v) is 4.55. The van der Waals surface area contributed by atoms with Crippen LogP contribution >= 0.6 is 0 Å². The van der Waals surface area contributed by atoms with Gasteiger partial charge in [-0.25, -0.2) is 0 Å². The molecule has 0 aromatic heterocycles. The quantitative estimate of drug-likeness (QED) is 0.856. The maximum Gasteiger partial charge on any atom is 0.416 e. The lowest BCUT2D eigenvalue weighted by Crippen LogP contribution is -2.53. The van der Waals surface area contributed by atoms with Gasteiger partial charge >= 0.3 is 6.18 Å². The highest BCUT2D eigenvalue weighted by Crippen LogP contribution is 2.32. The van der Waals surface area contributed by atoms with Crippen molar-refractivity contribution in [2.24, 2.45) is 5.73 Å². The smallest absolute Gasteiger partial charge is 0.375 e. The molecule has 0 heterocycles. The first-order valence-electron chi connectivity index (χ1n) is 5.89. The Balaban J connectivity index is 3.23. The molecule has 0 spiro atoms. The number of alkyl halides is 3. The zero-order valence-corrected chi connectivity index (χ0v) is 11.5. The fourth-order valence-electron chi connectivity index (χ4n) is 1.73. The molecule has 1 aromatic rings. The molecule has 8 heteroatoms. The molecule has 0 bridgehead atoms. The third kappa shape index (κ3) is 3.94. The molecular weight excluding hydrogens is 289 g/mol. The third-order valence-corrected chi connectivity index (χ3v) is 2.92. The summed E-state index contributed by atoms with van der Waals surface area (Å²) in [5.74, 6) is -1.65. The predicted octanol–water partition coefficient (Wildman–Crippen LogP) is 1.17. The second kappa shape index (κ2) is 6.13. The van der Waals surface area contributed by atoms with Gasteiger partial charge in [-0.1, -0.05) is 12.1 Å². The van der Waals surface area contributed by atoms with Crippen molar-refractivity contribution in [1.29, 1.82) is 0 Å². The van der Waals surface area contributed by atoms with Crippen molar-refractivity contribution in [2.75, 3.05) is 13.7 Å². The van der Waals surface area contributed by atoms with Crippen LogP contribution in [-0.4, -0.2) is 25.5 Å². The minimum Gasteiger partial charge on any atom is -0.375 e. The van der Waals surface area contributed by atoms with Crippen LogP contribution in [0, 0.1) is 0 Å². The fourth-order valence-corrected chi connectivity index (χ4v) is 1.73. The van der Waals surface area contributed by atoms with Gasteiger partial charge in [0.2, 0.25) is 11.8 Å². The Hall–Kier alpha value is -2.09. The molecule has 0 radical (unpaired) electrons. The Bertz CT molecular complexity index is 546. The largest absolute Gasteiger partial charge is 0.416 e. The molecule has 3 N–H and O–H groups in total. The number of methoxy groups -OCH3 is 1. The summed E-state index contributed by atoms with van der Waals surface area (Å²) in [6, 6.07) is 4.06. The van der Waals surface area contributed by atoms with E-state index in [1.165, 1.54) is 20.1 Å². The van der Waals surface area contributed by atoms with Gasteiger partial charge in [0.1, 0.15) is 12.1 Å². The van der Waals surface area contributed by atoms with Crippen LogP contribution in [0.5, 0.6) is 0 Å². The Morgan fingerprint density at radius 1 is 1.29 bits per heavy atom. The van der Waals surface area contributed by atoms with E-state index in [0.29, 0.717) is 0 Å². The van der Waals surface area contributed by atoms with E-state index in [-0.39, 0.29) is 12.2 Å². The molecule has 5 nitrogen and oxygen atoms in total. The van der Waals surface area contributed by atoms with Gasteiger partial charge in [0.05, 0.1) is 5.56 Å². The molecule has 0 aliphatic carbocycles. The molecule has 1 aromatic carbocycles. The Labute approximate surface area is 119 Å². The lowest BCUT2D eigenvalue weighted by atomic mass is 9.89. The first-order valence-corrected chi connectivity index (χ1v) is 5.89. The molecule has 0 aliphatic rings. The maximum absolute atomic E-state index is 12.7. The van der Waals surface area contributed by atoms with Crippen LogP contribution in [0.2, 0.25) is 0 Å². The number of carbonyl (C=O) groups excluding carboxylic acids is 2. The minimum atomic E-state index is -4.56. The van der Waals surface area contributed by atoms with E-state index in [4.69, 9.17) is 5.73 Å². The van der Waals surface area contributed by atoms with Gasteiger partial charge in [-0.3, -0.25) is 9.59 Å². The summed E-state index contributed by atoms with van der Waals surface area (Å²) in [6.45, 7) is 0.889. The van der Waals surface area contributed by atoms with E-state index in [9.17, 15) is 22.8 Å².